The highest BCUT2D eigenvalue weighted by molar-refractivity contribution is 5.88. The fourth-order valence-electron chi connectivity index (χ4n) is 3.51. The Bertz CT molecular complexity index is 787. The Kier molecular flexibility index (Phi) is 5.25. The van der Waals surface area contributed by atoms with Crippen LogP contribution in [0.5, 0.6) is 0 Å². The molecule has 26 heavy (non-hydrogen) atoms. The number of aromatic carboxylic acids is 1. The van der Waals surface area contributed by atoms with Crippen LogP contribution in [0.3, 0.4) is 0 Å². The number of carboxylic acid groups (broad SMARTS) is 1. The zero-order chi connectivity index (χ0) is 18.7. The molecule has 0 bridgehead atoms. The third-order valence-electron chi connectivity index (χ3n) is 4.76. The molecule has 2 aromatic rings. The summed E-state index contributed by atoms with van der Waals surface area (Å²) in [7, 11) is 3.51. The third kappa shape index (κ3) is 3.87. The van der Waals surface area contributed by atoms with Gasteiger partial charge in [0.25, 0.3) is 0 Å². The van der Waals surface area contributed by atoms with Crippen LogP contribution in [-0.4, -0.2) is 56.8 Å². The van der Waals surface area contributed by atoms with Gasteiger partial charge >= 0.3 is 12.0 Å². The van der Waals surface area contributed by atoms with E-state index in [1.807, 2.05) is 30.3 Å². The molecule has 7 nitrogen and oxygen atoms in total. The van der Waals surface area contributed by atoms with Crippen molar-refractivity contribution in [3.05, 3.63) is 53.3 Å². The van der Waals surface area contributed by atoms with Gasteiger partial charge in [-0.2, -0.15) is 5.10 Å². The summed E-state index contributed by atoms with van der Waals surface area (Å²) >= 11 is 0. The lowest BCUT2D eigenvalue weighted by Gasteiger charge is -2.35. The highest BCUT2D eigenvalue weighted by Crippen LogP contribution is 2.29. The summed E-state index contributed by atoms with van der Waals surface area (Å²) in [5.41, 5.74) is 1.88. The number of nitrogens with zero attached hydrogens (tertiary/aromatic N) is 4. The third-order valence-corrected chi connectivity index (χ3v) is 4.76. The van der Waals surface area contributed by atoms with Gasteiger partial charge in [-0.3, -0.25) is 4.68 Å². The largest absolute Gasteiger partial charge is 0.478 e. The fraction of sp³-hybridized carbons (Fsp3) is 0.421. The van der Waals surface area contributed by atoms with Crippen LogP contribution in [0.15, 0.2) is 36.5 Å². The van der Waals surface area contributed by atoms with Crippen molar-refractivity contribution < 1.29 is 14.7 Å². The molecule has 0 aliphatic carbocycles. The van der Waals surface area contributed by atoms with Crippen molar-refractivity contribution in [1.82, 2.24) is 19.6 Å². The van der Waals surface area contributed by atoms with Gasteiger partial charge in [0, 0.05) is 45.8 Å². The van der Waals surface area contributed by atoms with Gasteiger partial charge in [0.05, 0.1) is 5.69 Å². The molecule has 1 unspecified atom stereocenters. The summed E-state index contributed by atoms with van der Waals surface area (Å²) < 4.78 is 1.53. The van der Waals surface area contributed by atoms with Crippen LogP contribution in [0.4, 0.5) is 4.79 Å². The number of rotatable bonds is 4. The normalized spacial score (nSPS) is 17.2. The number of carbonyl (C=O) groups excluding carboxylic acids is 1. The van der Waals surface area contributed by atoms with Gasteiger partial charge in [0.15, 0.2) is 0 Å². The molecule has 138 valence electrons. The van der Waals surface area contributed by atoms with E-state index in [1.165, 1.54) is 10.9 Å². The molecule has 7 heteroatoms. The summed E-state index contributed by atoms with van der Waals surface area (Å²) in [6.07, 6.45) is 3.20. The minimum absolute atomic E-state index is 0.0358. The number of aromatic nitrogens is 2. The second-order valence-electron chi connectivity index (χ2n) is 6.82. The van der Waals surface area contributed by atoms with Crippen LogP contribution >= 0.6 is 0 Å². The molecule has 2 heterocycles. The number of amides is 2. The van der Waals surface area contributed by atoms with Crippen LogP contribution in [0.1, 0.15) is 40.4 Å². The van der Waals surface area contributed by atoms with Crippen LogP contribution in [-0.2, 0) is 13.6 Å². The summed E-state index contributed by atoms with van der Waals surface area (Å²) in [5.74, 6) is -1.03. The summed E-state index contributed by atoms with van der Waals surface area (Å²) in [6, 6.07) is 9.82. The topological polar surface area (TPSA) is 78.7 Å². The number of likely N-dealkylation sites (tertiary alicyclic amines) is 1. The Morgan fingerprint density at radius 1 is 1.31 bits per heavy atom. The molecule has 1 aromatic carbocycles. The monoisotopic (exact) mass is 356 g/mol. The molecule has 1 saturated heterocycles. The van der Waals surface area contributed by atoms with E-state index in [1.54, 1.807) is 23.9 Å². The number of carboxylic acids is 1. The lowest BCUT2D eigenvalue weighted by Crippen LogP contribution is -2.45. The predicted octanol–water partition coefficient (Wildman–Crippen LogP) is 2.55. The van der Waals surface area contributed by atoms with Gasteiger partial charge in [-0.1, -0.05) is 30.3 Å². The van der Waals surface area contributed by atoms with Gasteiger partial charge < -0.3 is 14.9 Å². The van der Waals surface area contributed by atoms with Crippen LogP contribution in [0.25, 0.3) is 0 Å². The van der Waals surface area contributed by atoms with E-state index in [-0.39, 0.29) is 17.5 Å². The second-order valence-corrected chi connectivity index (χ2v) is 6.82. The molecule has 1 aliphatic heterocycles. The maximum atomic E-state index is 12.8. The SMILES string of the molecule is CN(Cc1ccccc1)C(=O)N1CCCC(c2nn(C)cc2C(=O)O)C1. The summed E-state index contributed by atoms with van der Waals surface area (Å²) in [4.78, 5) is 27.8. The Balaban J connectivity index is 1.70. The highest BCUT2D eigenvalue weighted by Gasteiger charge is 2.31. The molecule has 3 rings (SSSR count). The number of benzene rings is 1. The van der Waals surface area contributed by atoms with Crippen molar-refractivity contribution in [3.8, 4) is 0 Å². The van der Waals surface area contributed by atoms with Gasteiger partial charge in [0.1, 0.15) is 5.56 Å². The van der Waals surface area contributed by atoms with Gasteiger partial charge in [-0.25, -0.2) is 9.59 Å². The molecule has 0 saturated carbocycles. The van der Waals surface area contributed by atoms with Crippen molar-refractivity contribution in [2.24, 2.45) is 7.05 Å². The predicted molar refractivity (Wildman–Crippen MR) is 97.0 cm³/mol. The average molecular weight is 356 g/mol. The van der Waals surface area contributed by atoms with Crippen molar-refractivity contribution in [2.45, 2.75) is 25.3 Å². The standard InChI is InChI=1S/C19H24N4O3/c1-21(11-14-7-4-3-5-8-14)19(26)23-10-6-9-15(12-23)17-16(18(24)25)13-22(2)20-17/h3-5,7-8,13,15H,6,9-12H2,1-2H3,(H,24,25). The first-order valence-corrected chi connectivity index (χ1v) is 8.76. The average Bonchev–Trinajstić information content (AvgIpc) is 3.04. The zero-order valence-electron chi connectivity index (χ0n) is 15.1. The summed E-state index contributed by atoms with van der Waals surface area (Å²) in [5, 5.41) is 13.7. The van der Waals surface area contributed by atoms with Crippen LogP contribution < -0.4 is 0 Å². The van der Waals surface area contributed by atoms with Gasteiger partial charge in [-0.05, 0) is 18.4 Å². The number of aryl methyl sites for hydroxylation is 1. The Morgan fingerprint density at radius 2 is 2.04 bits per heavy atom. The van der Waals surface area contributed by atoms with E-state index in [0.29, 0.717) is 25.3 Å². The summed E-state index contributed by atoms with van der Waals surface area (Å²) in [6.45, 7) is 1.73. The first-order chi connectivity index (χ1) is 12.5. The Morgan fingerprint density at radius 3 is 2.73 bits per heavy atom. The van der Waals surface area contributed by atoms with Crippen molar-refractivity contribution >= 4 is 12.0 Å². The van der Waals surface area contributed by atoms with E-state index >= 15 is 0 Å². The lowest BCUT2D eigenvalue weighted by molar-refractivity contribution is 0.0694. The smallest absolute Gasteiger partial charge is 0.339 e. The molecule has 1 N–H and O–H groups in total. The minimum Gasteiger partial charge on any atom is -0.478 e. The van der Waals surface area contributed by atoms with Crippen LogP contribution in [0, 0.1) is 0 Å². The lowest BCUT2D eigenvalue weighted by atomic mass is 9.92. The molecular formula is C19H24N4O3. The number of piperidine rings is 1. The maximum absolute atomic E-state index is 12.8. The van der Waals surface area contributed by atoms with E-state index in [2.05, 4.69) is 5.10 Å². The van der Waals surface area contributed by atoms with Gasteiger partial charge in [-0.15, -0.1) is 0 Å². The molecule has 2 amide bonds. The van der Waals surface area contributed by atoms with E-state index in [9.17, 15) is 14.7 Å². The molecule has 1 atom stereocenters. The van der Waals surface area contributed by atoms with Crippen LogP contribution in [0.2, 0.25) is 0 Å². The van der Waals surface area contributed by atoms with Gasteiger partial charge in [0.2, 0.25) is 0 Å². The second kappa shape index (κ2) is 7.59. The fourth-order valence-corrected chi connectivity index (χ4v) is 3.51. The van der Waals surface area contributed by atoms with E-state index in [4.69, 9.17) is 0 Å². The quantitative estimate of drug-likeness (QED) is 0.913. The minimum atomic E-state index is -0.974. The number of hydrogen-bond acceptors (Lipinski definition) is 3. The van der Waals surface area contributed by atoms with E-state index < -0.39 is 5.97 Å². The van der Waals surface area contributed by atoms with Crippen molar-refractivity contribution in [1.29, 1.82) is 0 Å². The Hall–Kier alpha value is -2.83. The Labute approximate surface area is 152 Å². The van der Waals surface area contributed by atoms with E-state index in [0.717, 1.165) is 18.4 Å². The molecule has 1 aliphatic rings. The number of hydrogen-bond donors (Lipinski definition) is 1. The number of urea groups is 1. The van der Waals surface area contributed by atoms with Crippen molar-refractivity contribution in [3.63, 3.8) is 0 Å². The first kappa shape index (κ1) is 18.0. The highest BCUT2D eigenvalue weighted by atomic mass is 16.4. The first-order valence-electron chi connectivity index (χ1n) is 8.76. The molecule has 1 aromatic heterocycles. The molecular weight excluding hydrogens is 332 g/mol. The van der Waals surface area contributed by atoms with Crippen molar-refractivity contribution in [2.75, 3.05) is 20.1 Å². The maximum Gasteiger partial charge on any atom is 0.339 e. The zero-order valence-corrected chi connectivity index (χ0v) is 15.1. The number of carbonyl (C=O) groups is 2. The molecule has 0 radical (unpaired) electrons. The molecule has 1 fully saturated rings. The molecule has 0 spiro atoms.